The molecule has 1 heterocycles. The van der Waals surface area contributed by atoms with Crippen molar-refractivity contribution in [2.45, 2.75) is 38.5 Å². The number of ketones is 1. The molecule has 0 N–H and O–H groups in total. The summed E-state index contributed by atoms with van der Waals surface area (Å²) in [4.78, 5) is 37.4. The van der Waals surface area contributed by atoms with E-state index in [1.54, 1.807) is 19.1 Å². The highest BCUT2D eigenvalue weighted by Gasteiger charge is 2.48. The van der Waals surface area contributed by atoms with E-state index in [9.17, 15) is 18.8 Å². The van der Waals surface area contributed by atoms with Gasteiger partial charge >= 0.3 is 12.1 Å². The van der Waals surface area contributed by atoms with Crippen molar-refractivity contribution in [2.75, 3.05) is 19.7 Å². The van der Waals surface area contributed by atoms with Crippen LogP contribution in [0.3, 0.4) is 0 Å². The molecule has 1 aromatic carbocycles. The van der Waals surface area contributed by atoms with Crippen LogP contribution < -0.4 is 0 Å². The van der Waals surface area contributed by atoms with Gasteiger partial charge in [0.1, 0.15) is 6.61 Å². The predicted molar refractivity (Wildman–Crippen MR) is 87.5 cm³/mol. The number of carbonyl (C=O) groups excluding carboxylic acids is 3. The van der Waals surface area contributed by atoms with E-state index in [1.807, 2.05) is 18.2 Å². The van der Waals surface area contributed by atoms with Gasteiger partial charge in [-0.25, -0.2) is 14.0 Å². The molecule has 1 aliphatic rings. The molecule has 7 heteroatoms. The number of alkyl halides is 1. The quantitative estimate of drug-likeness (QED) is 0.616. The Labute approximate surface area is 145 Å². The molecule has 25 heavy (non-hydrogen) atoms. The first-order chi connectivity index (χ1) is 12.0. The van der Waals surface area contributed by atoms with Crippen molar-refractivity contribution in [3.8, 4) is 0 Å². The average molecular weight is 351 g/mol. The van der Waals surface area contributed by atoms with Crippen LogP contribution in [-0.4, -0.2) is 48.1 Å². The highest BCUT2D eigenvalue weighted by molar-refractivity contribution is 6.08. The van der Waals surface area contributed by atoms with Crippen LogP contribution in [-0.2, 0) is 25.7 Å². The van der Waals surface area contributed by atoms with Crippen LogP contribution in [0.2, 0.25) is 0 Å². The van der Waals surface area contributed by atoms with Gasteiger partial charge in [-0.05, 0) is 31.7 Å². The van der Waals surface area contributed by atoms with E-state index in [0.717, 1.165) is 10.5 Å². The Balaban J connectivity index is 2.00. The Morgan fingerprint density at radius 2 is 1.92 bits per heavy atom. The highest BCUT2D eigenvalue weighted by atomic mass is 19.1. The number of hydrogen-bond acceptors (Lipinski definition) is 5. The molecule has 0 aliphatic carbocycles. The molecule has 1 aliphatic heterocycles. The Kier molecular flexibility index (Phi) is 6.50. The summed E-state index contributed by atoms with van der Waals surface area (Å²) in [6.07, 6.45) is -0.162. The minimum Gasteiger partial charge on any atom is -0.463 e. The van der Waals surface area contributed by atoms with E-state index in [2.05, 4.69) is 4.74 Å². The fraction of sp³-hybridized carbons (Fsp3) is 0.500. The molecule has 0 spiro atoms. The maximum Gasteiger partial charge on any atom is 0.410 e. The summed E-state index contributed by atoms with van der Waals surface area (Å²) < 4.78 is 24.7. The van der Waals surface area contributed by atoms with Crippen LogP contribution in [0.4, 0.5) is 9.18 Å². The molecule has 2 rings (SSSR count). The molecular formula is C18H22FNO5. The molecule has 1 fully saturated rings. The Morgan fingerprint density at radius 1 is 1.20 bits per heavy atom. The zero-order valence-electron chi connectivity index (χ0n) is 14.2. The minimum absolute atomic E-state index is 0.0133. The number of carbonyl (C=O) groups is 3. The van der Waals surface area contributed by atoms with Gasteiger partial charge in [0.25, 0.3) is 5.67 Å². The maximum atomic E-state index is 14.9. The lowest BCUT2D eigenvalue weighted by Gasteiger charge is -2.29. The van der Waals surface area contributed by atoms with E-state index >= 15 is 0 Å². The van der Waals surface area contributed by atoms with Gasteiger partial charge in [0.05, 0.1) is 13.2 Å². The number of ether oxygens (including phenoxy) is 2. The van der Waals surface area contributed by atoms with Crippen molar-refractivity contribution in [3.63, 3.8) is 0 Å². The number of rotatable bonds is 4. The van der Waals surface area contributed by atoms with Crippen LogP contribution in [0.1, 0.15) is 31.7 Å². The molecule has 1 unspecified atom stereocenters. The second-order valence-corrected chi connectivity index (χ2v) is 5.86. The Bertz CT molecular complexity index is 621. The third-order valence-corrected chi connectivity index (χ3v) is 4.04. The first-order valence-electron chi connectivity index (χ1n) is 8.32. The van der Waals surface area contributed by atoms with E-state index in [1.165, 1.54) is 0 Å². The van der Waals surface area contributed by atoms with Crippen LogP contribution in [0.5, 0.6) is 0 Å². The van der Waals surface area contributed by atoms with E-state index in [-0.39, 0.29) is 26.2 Å². The van der Waals surface area contributed by atoms with Gasteiger partial charge in [0.15, 0.2) is 0 Å². The lowest BCUT2D eigenvalue weighted by molar-refractivity contribution is -0.163. The number of likely N-dealkylation sites (tertiary alicyclic amines) is 1. The van der Waals surface area contributed by atoms with E-state index in [4.69, 9.17) is 4.74 Å². The van der Waals surface area contributed by atoms with Gasteiger partial charge in [-0.2, -0.15) is 0 Å². The average Bonchev–Trinajstić information content (AvgIpc) is 2.61. The SMILES string of the molecule is CCOC(=O)C1(F)CCCCN(C(=O)OCc2ccccc2)CC1=O. The highest BCUT2D eigenvalue weighted by Crippen LogP contribution is 2.26. The summed E-state index contributed by atoms with van der Waals surface area (Å²) in [5.41, 5.74) is -1.89. The molecule has 0 aromatic heterocycles. The van der Waals surface area contributed by atoms with Gasteiger partial charge in [0, 0.05) is 6.54 Å². The molecule has 136 valence electrons. The summed E-state index contributed by atoms with van der Waals surface area (Å²) >= 11 is 0. The molecule has 1 atom stereocenters. The summed E-state index contributed by atoms with van der Waals surface area (Å²) in [5, 5.41) is 0. The predicted octanol–water partition coefficient (Wildman–Crippen LogP) is 2.65. The summed E-state index contributed by atoms with van der Waals surface area (Å²) in [6.45, 7) is 1.35. The van der Waals surface area contributed by atoms with Crippen molar-refractivity contribution in [1.29, 1.82) is 0 Å². The maximum absolute atomic E-state index is 14.9. The molecular weight excluding hydrogens is 329 g/mol. The minimum atomic E-state index is -2.70. The third kappa shape index (κ3) is 4.78. The summed E-state index contributed by atoms with van der Waals surface area (Å²) in [6, 6.07) is 9.09. The number of Topliss-reactive ketones (excluding diaryl/α,β-unsaturated/α-hetero) is 1. The lowest BCUT2D eigenvalue weighted by Crippen LogP contribution is -2.51. The van der Waals surface area contributed by atoms with Crippen molar-refractivity contribution in [3.05, 3.63) is 35.9 Å². The van der Waals surface area contributed by atoms with Crippen LogP contribution in [0, 0.1) is 0 Å². The lowest BCUT2D eigenvalue weighted by atomic mass is 9.91. The van der Waals surface area contributed by atoms with Gasteiger partial charge in [-0.15, -0.1) is 0 Å². The molecule has 0 bridgehead atoms. The van der Waals surface area contributed by atoms with E-state index < -0.39 is 30.1 Å². The number of amides is 1. The molecule has 1 saturated heterocycles. The van der Waals surface area contributed by atoms with Crippen LogP contribution >= 0.6 is 0 Å². The van der Waals surface area contributed by atoms with Gasteiger partial charge in [-0.1, -0.05) is 30.3 Å². The number of esters is 1. The second-order valence-electron chi connectivity index (χ2n) is 5.86. The molecule has 0 saturated carbocycles. The zero-order chi connectivity index (χ0) is 18.3. The summed E-state index contributed by atoms with van der Waals surface area (Å²) in [7, 11) is 0. The summed E-state index contributed by atoms with van der Waals surface area (Å²) in [5.74, 6) is -2.15. The molecule has 6 nitrogen and oxygen atoms in total. The Hall–Kier alpha value is -2.44. The topological polar surface area (TPSA) is 72.9 Å². The fourth-order valence-electron chi connectivity index (χ4n) is 2.62. The van der Waals surface area contributed by atoms with Crippen molar-refractivity contribution in [2.24, 2.45) is 0 Å². The normalized spacial score (nSPS) is 21.2. The monoisotopic (exact) mass is 351 g/mol. The van der Waals surface area contributed by atoms with Crippen LogP contribution in [0.15, 0.2) is 30.3 Å². The van der Waals surface area contributed by atoms with Crippen molar-refractivity contribution in [1.82, 2.24) is 4.90 Å². The van der Waals surface area contributed by atoms with Gasteiger partial charge < -0.3 is 14.4 Å². The number of hydrogen-bond donors (Lipinski definition) is 0. The number of halogens is 1. The van der Waals surface area contributed by atoms with Crippen LogP contribution in [0.25, 0.3) is 0 Å². The zero-order valence-corrected chi connectivity index (χ0v) is 14.2. The fourth-order valence-corrected chi connectivity index (χ4v) is 2.62. The van der Waals surface area contributed by atoms with Gasteiger partial charge in [0.2, 0.25) is 5.78 Å². The first kappa shape index (κ1) is 18.9. The van der Waals surface area contributed by atoms with E-state index in [0.29, 0.717) is 12.8 Å². The first-order valence-corrected chi connectivity index (χ1v) is 8.32. The number of benzene rings is 1. The second kappa shape index (κ2) is 8.60. The van der Waals surface area contributed by atoms with Crippen molar-refractivity contribution >= 4 is 17.8 Å². The molecule has 1 aromatic rings. The number of nitrogens with zero attached hydrogens (tertiary/aromatic N) is 1. The third-order valence-electron chi connectivity index (χ3n) is 4.04. The van der Waals surface area contributed by atoms with Crippen molar-refractivity contribution < 1.29 is 28.2 Å². The smallest absolute Gasteiger partial charge is 0.410 e. The van der Waals surface area contributed by atoms with Gasteiger partial charge in [-0.3, -0.25) is 4.79 Å². The molecule has 1 amide bonds. The Morgan fingerprint density at radius 3 is 2.60 bits per heavy atom. The molecule has 0 radical (unpaired) electrons. The standard InChI is InChI=1S/C18H22FNO5/c1-2-24-16(22)18(19)10-6-7-11-20(12-15(18)21)17(23)25-13-14-8-4-3-5-9-14/h3-5,8-9H,2,6-7,10-13H2,1H3. The largest absolute Gasteiger partial charge is 0.463 e.